The molecule has 0 amide bonds. The van der Waals surface area contributed by atoms with Crippen LogP contribution in [-0.2, 0) is 21.9 Å². The molecule has 2 aliphatic rings. The number of hydrogen-bond acceptors (Lipinski definition) is 8. The van der Waals surface area contributed by atoms with Crippen molar-refractivity contribution in [3.63, 3.8) is 0 Å². The zero-order valence-corrected chi connectivity index (χ0v) is 18.4. The number of Topliss-reactive ketones (excluding diaryl/α,β-unsaturated/α-hetero) is 1. The Balaban J connectivity index is 1.71. The van der Waals surface area contributed by atoms with Gasteiger partial charge in [0.25, 0.3) is 0 Å². The molecule has 9 nitrogen and oxygen atoms in total. The van der Waals surface area contributed by atoms with Crippen LogP contribution in [-0.4, -0.2) is 55.7 Å². The van der Waals surface area contributed by atoms with Crippen LogP contribution >= 0.6 is 0 Å². The molecule has 2 N–H and O–H groups in total. The normalized spacial score (nSPS) is 24.6. The zero-order chi connectivity index (χ0) is 23.6. The van der Waals surface area contributed by atoms with Crippen LogP contribution in [0.5, 0.6) is 0 Å². The minimum Gasteiger partial charge on any atom is -0.369 e. The maximum absolute atomic E-state index is 14.9. The number of nitrogens with two attached hydrogens (primary N) is 1. The lowest BCUT2D eigenvalue weighted by Gasteiger charge is -2.38. The van der Waals surface area contributed by atoms with E-state index < -0.39 is 39.5 Å². The predicted octanol–water partition coefficient (Wildman–Crippen LogP) is 1.88. The Kier molecular flexibility index (Phi) is 6.07. The number of fused-ring (bicyclic) bond motifs is 1. The quantitative estimate of drug-likeness (QED) is 0.658. The second-order valence-electron chi connectivity index (χ2n) is 7.83. The molecule has 2 aliphatic heterocycles. The van der Waals surface area contributed by atoms with Gasteiger partial charge in [-0.25, -0.2) is 22.3 Å². The third-order valence-electron chi connectivity index (χ3n) is 5.50. The number of guanidine groups is 1. The van der Waals surface area contributed by atoms with Crippen molar-refractivity contribution in [1.29, 1.82) is 5.26 Å². The number of ketones is 1. The molecule has 0 unspecified atom stereocenters. The molecule has 0 bridgehead atoms. The minimum absolute atomic E-state index is 0.109. The molecule has 12 heteroatoms. The molecular formula is C21H21F2N7O2S. The summed E-state index contributed by atoms with van der Waals surface area (Å²) < 4.78 is 48.5. The van der Waals surface area contributed by atoms with Crippen LogP contribution in [0.1, 0.15) is 40.3 Å². The van der Waals surface area contributed by atoms with Gasteiger partial charge < -0.3 is 5.73 Å². The topological polar surface area (TPSA) is 138 Å². The smallest absolute Gasteiger partial charge is 0.205 e. The van der Waals surface area contributed by atoms with Crippen molar-refractivity contribution in [2.24, 2.45) is 15.1 Å². The first-order valence-corrected chi connectivity index (χ1v) is 11.9. The second-order valence-corrected chi connectivity index (χ2v) is 10.0. The van der Waals surface area contributed by atoms with Crippen molar-refractivity contribution in [3.8, 4) is 6.07 Å². The fourth-order valence-electron chi connectivity index (χ4n) is 3.83. The van der Waals surface area contributed by atoms with Gasteiger partial charge in [0.1, 0.15) is 39.9 Å². The molecule has 172 valence electrons. The van der Waals surface area contributed by atoms with E-state index in [-0.39, 0.29) is 29.5 Å². The van der Waals surface area contributed by atoms with Crippen LogP contribution < -0.4 is 5.73 Å². The standard InChI is InChI=1S/C21H21F2N7O2S/c22-12-21(13-33(32)27-7-1-2-8-30(33)20(25)29-21)19-16(23)5-4-15(28-19)9-18(31)17-6-3-14(10-24)11-26-17/h3-6,11H,1-2,7-9,12-13H2,(H2,25,29)/t21-,33+/m0/s1. The van der Waals surface area contributed by atoms with Crippen LogP contribution in [0, 0.1) is 17.1 Å². The summed E-state index contributed by atoms with van der Waals surface area (Å²) in [6.07, 6.45) is 2.44. The van der Waals surface area contributed by atoms with Gasteiger partial charge in [-0.05, 0) is 37.1 Å². The Morgan fingerprint density at radius 3 is 2.82 bits per heavy atom. The van der Waals surface area contributed by atoms with Gasteiger partial charge in [0.15, 0.2) is 11.3 Å². The van der Waals surface area contributed by atoms with E-state index in [0.29, 0.717) is 31.5 Å². The highest BCUT2D eigenvalue weighted by molar-refractivity contribution is 7.92. The largest absolute Gasteiger partial charge is 0.369 e. The van der Waals surface area contributed by atoms with Gasteiger partial charge in [-0.2, -0.15) is 5.26 Å². The molecule has 2 aromatic heterocycles. The van der Waals surface area contributed by atoms with Crippen LogP contribution in [0.15, 0.2) is 39.8 Å². The summed E-state index contributed by atoms with van der Waals surface area (Å²) >= 11 is 0. The van der Waals surface area contributed by atoms with Gasteiger partial charge in [-0.15, -0.1) is 0 Å². The summed E-state index contributed by atoms with van der Waals surface area (Å²) in [5.74, 6) is -1.82. The van der Waals surface area contributed by atoms with Crippen LogP contribution in [0.2, 0.25) is 0 Å². The second kappa shape index (κ2) is 8.82. The lowest BCUT2D eigenvalue weighted by molar-refractivity contribution is 0.0987. The number of halogens is 2. The maximum Gasteiger partial charge on any atom is 0.205 e. The summed E-state index contributed by atoms with van der Waals surface area (Å²) in [5, 5.41) is 8.85. The van der Waals surface area contributed by atoms with E-state index in [1.165, 1.54) is 28.7 Å². The SMILES string of the molecule is N#Cc1ccc(C(=O)Cc2ccc(F)c([C@]3(CF)C[S@@]4(=O)=NCCCCN4C(N)=N3)n2)nc1. The lowest BCUT2D eigenvalue weighted by Crippen LogP contribution is -2.54. The predicted molar refractivity (Wildman–Crippen MR) is 117 cm³/mol. The molecule has 33 heavy (non-hydrogen) atoms. The number of nitriles is 1. The first kappa shape index (κ1) is 22.7. The maximum atomic E-state index is 14.9. The molecular weight excluding hydrogens is 452 g/mol. The lowest BCUT2D eigenvalue weighted by atomic mass is 9.97. The Hall–Kier alpha value is -3.46. The Morgan fingerprint density at radius 1 is 1.30 bits per heavy atom. The molecule has 4 rings (SSSR count). The van der Waals surface area contributed by atoms with Crippen molar-refractivity contribution in [3.05, 3.63) is 58.9 Å². The van der Waals surface area contributed by atoms with Crippen LogP contribution in [0.3, 0.4) is 0 Å². The van der Waals surface area contributed by atoms with E-state index in [1.54, 1.807) is 0 Å². The number of carbonyl (C=O) groups excluding carboxylic acids is 1. The Bertz CT molecular complexity index is 1280. The molecule has 0 fully saturated rings. The number of nitrogens with zero attached hydrogens (tertiary/aromatic N) is 6. The van der Waals surface area contributed by atoms with E-state index in [1.807, 2.05) is 6.07 Å². The van der Waals surface area contributed by atoms with Gasteiger partial charge in [0.05, 0.1) is 24.3 Å². The van der Waals surface area contributed by atoms with Gasteiger partial charge in [-0.1, -0.05) is 0 Å². The first-order valence-electron chi connectivity index (χ1n) is 10.2. The van der Waals surface area contributed by atoms with Crippen molar-refractivity contribution in [2.75, 3.05) is 25.5 Å². The number of alkyl halides is 1. The van der Waals surface area contributed by atoms with Crippen molar-refractivity contribution >= 4 is 21.7 Å². The van der Waals surface area contributed by atoms with E-state index in [2.05, 4.69) is 19.3 Å². The molecule has 0 aromatic carbocycles. The average Bonchev–Trinajstić information content (AvgIpc) is 3.01. The number of rotatable bonds is 5. The number of aliphatic imine (C=N–C) groups is 1. The van der Waals surface area contributed by atoms with Crippen molar-refractivity contribution in [1.82, 2.24) is 14.3 Å². The highest BCUT2D eigenvalue weighted by Crippen LogP contribution is 2.35. The zero-order valence-electron chi connectivity index (χ0n) is 17.6. The number of pyridine rings is 2. The minimum atomic E-state index is -3.14. The summed E-state index contributed by atoms with van der Waals surface area (Å²) in [7, 11) is -3.14. The van der Waals surface area contributed by atoms with E-state index in [0.717, 1.165) is 6.07 Å². The number of hydrogen-bond donors (Lipinski definition) is 1. The molecule has 0 saturated carbocycles. The molecule has 2 aromatic rings. The number of carbonyl (C=O) groups is 1. The molecule has 0 radical (unpaired) electrons. The van der Waals surface area contributed by atoms with Crippen molar-refractivity contribution in [2.45, 2.75) is 24.8 Å². The Morgan fingerprint density at radius 2 is 2.12 bits per heavy atom. The molecule has 0 saturated heterocycles. The molecule has 4 heterocycles. The highest BCUT2D eigenvalue weighted by atomic mass is 32.2. The Labute approximate surface area is 189 Å². The molecule has 2 atom stereocenters. The summed E-state index contributed by atoms with van der Waals surface area (Å²) in [4.78, 5) is 25.0. The van der Waals surface area contributed by atoms with Gasteiger partial charge in [0.2, 0.25) is 5.96 Å². The third-order valence-corrected chi connectivity index (χ3v) is 8.00. The van der Waals surface area contributed by atoms with E-state index in [4.69, 9.17) is 11.0 Å². The van der Waals surface area contributed by atoms with Crippen LogP contribution in [0.4, 0.5) is 8.78 Å². The fourth-order valence-corrected chi connectivity index (χ4v) is 6.28. The average molecular weight is 474 g/mol. The summed E-state index contributed by atoms with van der Waals surface area (Å²) in [6, 6.07) is 7.16. The first-order chi connectivity index (χ1) is 15.8. The summed E-state index contributed by atoms with van der Waals surface area (Å²) in [6.45, 7) is -0.498. The van der Waals surface area contributed by atoms with Crippen LogP contribution in [0.25, 0.3) is 0 Å². The van der Waals surface area contributed by atoms with Gasteiger partial charge in [-0.3, -0.25) is 19.1 Å². The van der Waals surface area contributed by atoms with E-state index in [9.17, 15) is 17.8 Å². The fraction of sp³-hybridized carbons (Fsp3) is 0.381. The van der Waals surface area contributed by atoms with Gasteiger partial charge >= 0.3 is 0 Å². The number of aromatic nitrogens is 2. The summed E-state index contributed by atoms with van der Waals surface area (Å²) in [5.41, 5.74) is 4.33. The van der Waals surface area contributed by atoms with E-state index >= 15 is 0 Å². The van der Waals surface area contributed by atoms with Gasteiger partial charge in [0, 0.05) is 18.4 Å². The molecule has 0 spiro atoms. The molecule has 0 aliphatic carbocycles. The monoisotopic (exact) mass is 473 g/mol. The van der Waals surface area contributed by atoms with Crippen molar-refractivity contribution < 1.29 is 17.8 Å². The highest BCUT2D eigenvalue weighted by Gasteiger charge is 2.47. The third kappa shape index (κ3) is 4.28.